The molecule has 0 unspecified atom stereocenters. The van der Waals surface area contributed by atoms with Gasteiger partial charge in [0, 0.05) is 6.20 Å². The molecule has 0 radical (unpaired) electrons. The topological polar surface area (TPSA) is 65.1 Å². The molecule has 3 rings (SSSR count). The van der Waals surface area contributed by atoms with E-state index >= 15 is 0 Å². The fourth-order valence-corrected chi connectivity index (χ4v) is 3.07. The molecule has 0 aliphatic carbocycles. The van der Waals surface area contributed by atoms with Crippen LogP contribution in [-0.4, -0.2) is 26.2 Å². The Morgan fingerprint density at radius 3 is 2.30 bits per heavy atom. The van der Waals surface area contributed by atoms with Crippen molar-refractivity contribution in [2.75, 3.05) is 19.1 Å². The molecule has 0 N–H and O–H groups in total. The molecule has 6 nitrogen and oxygen atoms in total. The van der Waals surface area contributed by atoms with Crippen LogP contribution in [0, 0.1) is 6.92 Å². The summed E-state index contributed by atoms with van der Waals surface area (Å²) in [5.74, 6) is -0.500. The minimum atomic E-state index is -0.715. The van der Waals surface area contributed by atoms with Crippen molar-refractivity contribution in [3.8, 4) is 11.5 Å². The van der Waals surface area contributed by atoms with E-state index in [0.717, 1.165) is 5.56 Å². The number of halogens is 1. The summed E-state index contributed by atoms with van der Waals surface area (Å²) in [5.41, 5.74) is 1.55. The van der Waals surface area contributed by atoms with E-state index in [9.17, 15) is 9.59 Å². The Labute approximate surface area is 179 Å². The maximum Gasteiger partial charge on any atom is 0.355 e. The number of para-hydroxylation sites is 1. The summed E-state index contributed by atoms with van der Waals surface area (Å²) in [4.78, 5) is 26.5. The fourth-order valence-electron chi connectivity index (χ4n) is 2.86. The number of benzene rings is 2. The van der Waals surface area contributed by atoms with Crippen molar-refractivity contribution in [2.45, 2.75) is 6.92 Å². The molecule has 154 valence electrons. The summed E-state index contributed by atoms with van der Waals surface area (Å²) >= 11 is 6.44. The van der Waals surface area contributed by atoms with Crippen molar-refractivity contribution >= 4 is 29.2 Å². The van der Waals surface area contributed by atoms with Gasteiger partial charge in [-0.15, -0.1) is 0 Å². The average Bonchev–Trinajstić information content (AvgIpc) is 2.98. The van der Waals surface area contributed by atoms with Gasteiger partial charge in [-0.25, -0.2) is 9.59 Å². The van der Waals surface area contributed by atoms with Gasteiger partial charge in [0.25, 0.3) is 0 Å². The third-order valence-corrected chi connectivity index (χ3v) is 4.63. The summed E-state index contributed by atoms with van der Waals surface area (Å²) in [6.07, 6.45) is 6.40. The first kappa shape index (κ1) is 21.2. The monoisotopic (exact) mass is 425 g/mol. The smallest absolute Gasteiger partial charge is 0.355 e. The van der Waals surface area contributed by atoms with Gasteiger partial charge in [0.1, 0.15) is 11.4 Å². The molecular weight excluding hydrogens is 406 g/mol. The number of carbonyl (C=O) groups excluding carboxylic acids is 2. The first-order valence-electron chi connectivity index (χ1n) is 9.04. The summed E-state index contributed by atoms with van der Waals surface area (Å²) < 4.78 is 15.8. The number of carbonyl (C=O) groups is 2. The zero-order valence-electron chi connectivity index (χ0n) is 16.7. The zero-order valence-corrected chi connectivity index (χ0v) is 17.5. The maximum absolute atomic E-state index is 12.7. The molecule has 0 spiro atoms. The van der Waals surface area contributed by atoms with E-state index in [-0.39, 0.29) is 11.3 Å². The van der Waals surface area contributed by atoms with Gasteiger partial charge in [-0.2, -0.15) is 0 Å². The molecule has 0 aromatic heterocycles. The Hall–Kier alpha value is -3.51. The van der Waals surface area contributed by atoms with Gasteiger partial charge in [0.05, 0.1) is 30.5 Å². The standard InChI is InChI=1S/C23H20ClNO5/c1-15-10-12-16(13-11-15)30-21-18(24)8-6-9-19(21)25-14-5-4-7-17(22(26)28-2)20(25)23(27)29-3/h4-14H,1-3H3. The lowest BCUT2D eigenvalue weighted by atomic mass is 10.1. The number of rotatable bonds is 5. The van der Waals surface area contributed by atoms with Crippen LogP contribution in [0.1, 0.15) is 5.56 Å². The molecule has 2 aromatic carbocycles. The van der Waals surface area contributed by atoms with E-state index < -0.39 is 11.9 Å². The van der Waals surface area contributed by atoms with Gasteiger partial charge in [0.2, 0.25) is 0 Å². The van der Waals surface area contributed by atoms with Crippen LogP contribution >= 0.6 is 11.6 Å². The Morgan fingerprint density at radius 1 is 0.933 bits per heavy atom. The highest BCUT2D eigenvalue weighted by atomic mass is 35.5. The molecule has 30 heavy (non-hydrogen) atoms. The van der Waals surface area contributed by atoms with Gasteiger partial charge < -0.3 is 19.1 Å². The van der Waals surface area contributed by atoms with Crippen molar-refractivity contribution in [1.29, 1.82) is 0 Å². The Morgan fingerprint density at radius 2 is 1.63 bits per heavy atom. The average molecular weight is 426 g/mol. The van der Waals surface area contributed by atoms with E-state index in [1.807, 2.05) is 31.2 Å². The number of aryl methyl sites for hydroxylation is 1. The minimum absolute atomic E-state index is 0.0228. The molecule has 1 aliphatic rings. The van der Waals surface area contributed by atoms with Crippen molar-refractivity contribution in [1.82, 2.24) is 0 Å². The third kappa shape index (κ3) is 4.39. The summed E-state index contributed by atoms with van der Waals surface area (Å²) in [6, 6.07) is 12.6. The lowest BCUT2D eigenvalue weighted by Crippen LogP contribution is -2.27. The molecule has 2 aromatic rings. The number of hydrogen-bond acceptors (Lipinski definition) is 6. The minimum Gasteiger partial charge on any atom is -0.465 e. The highest BCUT2D eigenvalue weighted by molar-refractivity contribution is 6.32. The molecule has 1 heterocycles. The number of allylic oxidation sites excluding steroid dienone is 2. The SMILES string of the molecule is COC(=O)C1=C(C(=O)OC)N(c2cccc(Cl)c2Oc2ccc(C)cc2)C=CC=C1. The van der Waals surface area contributed by atoms with Crippen molar-refractivity contribution in [3.63, 3.8) is 0 Å². The Balaban J connectivity index is 2.17. The molecule has 0 saturated carbocycles. The van der Waals surface area contributed by atoms with Crippen LogP contribution in [-0.2, 0) is 19.1 Å². The molecule has 0 atom stereocenters. The number of esters is 2. The molecule has 0 bridgehead atoms. The van der Waals surface area contributed by atoms with Crippen LogP contribution in [0.25, 0.3) is 0 Å². The highest BCUT2D eigenvalue weighted by Crippen LogP contribution is 2.41. The highest BCUT2D eigenvalue weighted by Gasteiger charge is 2.29. The molecule has 0 fully saturated rings. The Bertz CT molecular complexity index is 1050. The van der Waals surface area contributed by atoms with Crippen LogP contribution < -0.4 is 9.64 Å². The number of anilines is 1. The maximum atomic E-state index is 12.7. The van der Waals surface area contributed by atoms with Crippen LogP contribution in [0.15, 0.2) is 78.2 Å². The number of nitrogens with zero attached hydrogens (tertiary/aromatic N) is 1. The Kier molecular flexibility index (Phi) is 6.59. The second-order valence-electron chi connectivity index (χ2n) is 6.32. The van der Waals surface area contributed by atoms with Crippen LogP contribution in [0.5, 0.6) is 11.5 Å². The first-order valence-corrected chi connectivity index (χ1v) is 9.42. The first-order chi connectivity index (χ1) is 14.5. The van der Waals surface area contributed by atoms with Crippen LogP contribution in [0.4, 0.5) is 5.69 Å². The van der Waals surface area contributed by atoms with Gasteiger partial charge in [-0.05, 0) is 43.3 Å². The molecule has 1 aliphatic heterocycles. The third-order valence-electron chi connectivity index (χ3n) is 4.34. The zero-order chi connectivity index (χ0) is 21.7. The normalized spacial score (nSPS) is 13.1. The van der Waals surface area contributed by atoms with Crippen molar-refractivity contribution in [3.05, 3.63) is 88.7 Å². The molecule has 7 heteroatoms. The lowest BCUT2D eigenvalue weighted by Gasteiger charge is -2.25. The number of hydrogen-bond donors (Lipinski definition) is 0. The quantitative estimate of drug-likeness (QED) is 0.633. The predicted molar refractivity (Wildman–Crippen MR) is 115 cm³/mol. The van der Waals surface area contributed by atoms with E-state index in [4.69, 9.17) is 25.8 Å². The number of ether oxygens (including phenoxy) is 3. The van der Waals surface area contributed by atoms with Gasteiger partial charge in [-0.3, -0.25) is 0 Å². The van der Waals surface area contributed by atoms with E-state index in [2.05, 4.69) is 0 Å². The summed E-state index contributed by atoms with van der Waals surface area (Å²) in [5, 5.41) is 0.336. The van der Waals surface area contributed by atoms with Crippen LogP contribution in [0.2, 0.25) is 5.02 Å². The van der Waals surface area contributed by atoms with Crippen molar-refractivity contribution in [2.24, 2.45) is 0 Å². The molecule has 0 saturated heterocycles. The number of methoxy groups -OCH3 is 2. The molecular formula is C23H20ClNO5. The second kappa shape index (κ2) is 9.33. The summed E-state index contributed by atoms with van der Waals surface area (Å²) in [6.45, 7) is 1.97. The summed E-state index contributed by atoms with van der Waals surface area (Å²) in [7, 11) is 2.48. The van der Waals surface area contributed by atoms with Crippen LogP contribution in [0.3, 0.4) is 0 Å². The molecule has 0 amide bonds. The van der Waals surface area contributed by atoms with E-state index in [1.54, 1.807) is 36.6 Å². The largest absolute Gasteiger partial charge is 0.465 e. The second-order valence-corrected chi connectivity index (χ2v) is 6.73. The predicted octanol–water partition coefficient (Wildman–Crippen LogP) is 4.93. The van der Waals surface area contributed by atoms with Gasteiger partial charge in [-0.1, -0.05) is 41.4 Å². The fraction of sp³-hybridized carbons (Fsp3) is 0.130. The van der Waals surface area contributed by atoms with E-state index in [1.165, 1.54) is 25.2 Å². The lowest BCUT2D eigenvalue weighted by molar-refractivity contribution is -0.139. The van der Waals surface area contributed by atoms with E-state index in [0.29, 0.717) is 22.2 Å². The van der Waals surface area contributed by atoms with Crippen molar-refractivity contribution < 1.29 is 23.8 Å². The van der Waals surface area contributed by atoms with Gasteiger partial charge >= 0.3 is 11.9 Å². The van der Waals surface area contributed by atoms with Gasteiger partial charge in [0.15, 0.2) is 5.75 Å².